The van der Waals surface area contributed by atoms with Crippen LogP contribution >= 0.6 is 11.3 Å². The number of nitrogens with one attached hydrogen (secondary N) is 1. The minimum Gasteiger partial charge on any atom is -0.385 e. The molecule has 0 unspecified atom stereocenters. The molecule has 1 atom stereocenters. The molecule has 162 valence electrons. The van der Waals surface area contributed by atoms with Crippen molar-refractivity contribution in [3.8, 4) is 0 Å². The predicted molar refractivity (Wildman–Crippen MR) is 110 cm³/mol. The summed E-state index contributed by atoms with van der Waals surface area (Å²) in [5.74, 6) is -0.00148. The molecule has 0 saturated carbocycles. The highest BCUT2D eigenvalue weighted by Crippen LogP contribution is 2.44. The third kappa shape index (κ3) is 4.17. The number of ether oxygens (including phenoxy) is 1. The van der Waals surface area contributed by atoms with Crippen LogP contribution in [0.2, 0.25) is 0 Å². The molecule has 1 aromatic carbocycles. The van der Waals surface area contributed by atoms with Crippen LogP contribution in [0.1, 0.15) is 16.9 Å². The van der Waals surface area contributed by atoms with Crippen LogP contribution in [-0.4, -0.2) is 62.1 Å². The molecule has 2 aromatic rings. The van der Waals surface area contributed by atoms with Crippen LogP contribution in [-0.2, 0) is 10.9 Å². The van der Waals surface area contributed by atoms with Gasteiger partial charge in [0, 0.05) is 39.4 Å². The zero-order valence-electron chi connectivity index (χ0n) is 16.6. The normalized spacial score (nSPS) is 19.6. The zero-order valence-corrected chi connectivity index (χ0v) is 17.4. The van der Waals surface area contributed by atoms with Crippen molar-refractivity contribution in [1.82, 2.24) is 9.80 Å². The second-order valence-electron chi connectivity index (χ2n) is 7.44. The minimum atomic E-state index is -4.46. The predicted octanol–water partition coefficient (Wildman–Crippen LogP) is 4.69. The number of methoxy groups -OCH3 is 1. The average Bonchev–Trinajstić information content (AvgIpc) is 3.05. The van der Waals surface area contributed by atoms with Gasteiger partial charge in [0.25, 0.3) is 0 Å². The number of anilines is 2. The van der Waals surface area contributed by atoms with Gasteiger partial charge in [0.05, 0.1) is 16.9 Å². The Hall–Kier alpha value is -2.17. The number of alkyl halides is 3. The Bertz CT molecular complexity index is 959. The molecule has 1 N–H and O–H groups in total. The lowest BCUT2D eigenvalue weighted by atomic mass is 10.1. The SMILES string of the molecule is COCC[C@H]1CN(C2=Nc3ccc(F)cc3Nc3sc(C(F)(F)F)cc32)CCN1C. The summed E-state index contributed by atoms with van der Waals surface area (Å²) in [6, 6.07) is 5.42. The number of hydrogen-bond acceptors (Lipinski definition) is 6. The third-order valence-corrected chi connectivity index (χ3v) is 6.51. The first-order valence-electron chi connectivity index (χ1n) is 9.57. The van der Waals surface area contributed by atoms with Crippen molar-refractivity contribution >= 4 is 33.5 Å². The number of nitrogens with zero attached hydrogens (tertiary/aromatic N) is 3. The molecule has 1 aromatic heterocycles. The van der Waals surface area contributed by atoms with Gasteiger partial charge in [-0.3, -0.25) is 4.90 Å². The van der Waals surface area contributed by atoms with Gasteiger partial charge in [0.1, 0.15) is 21.5 Å². The number of benzene rings is 1. The third-order valence-electron chi connectivity index (χ3n) is 5.42. The number of fused-ring (bicyclic) bond motifs is 2. The van der Waals surface area contributed by atoms with Gasteiger partial charge in [-0.2, -0.15) is 13.2 Å². The summed E-state index contributed by atoms with van der Waals surface area (Å²) in [7, 11) is 3.68. The van der Waals surface area contributed by atoms with Crippen molar-refractivity contribution in [1.29, 1.82) is 0 Å². The molecule has 0 aliphatic carbocycles. The highest BCUT2D eigenvalue weighted by Gasteiger charge is 2.37. The van der Waals surface area contributed by atoms with Crippen molar-refractivity contribution in [3.63, 3.8) is 0 Å². The number of hydrogen-bond donors (Lipinski definition) is 1. The average molecular weight is 442 g/mol. The highest BCUT2D eigenvalue weighted by molar-refractivity contribution is 7.16. The fourth-order valence-corrected chi connectivity index (χ4v) is 4.67. The van der Waals surface area contributed by atoms with E-state index >= 15 is 0 Å². The molecule has 0 bridgehead atoms. The maximum Gasteiger partial charge on any atom is 0.425 e. The van der Waals surface area contributed by atoms with E-state index in [2.05, 4.69) is 15.2 Å². The summed E-state index contributed by atoms with van der Waals surface area (Å²) in [6.45, 7) is 2.60. The van der Waals surface area contributed by atoms with E-state index in [0.29, 0.717) is 58.8 Å². The number of likely N-dealkylation sites (N-methyl/N-ethyl adjacent to an activating group) is 1. The summed E-state index contributed by atoms with van der Waals surface area (Å²) in [5.41, 5.74) is 1.24. The quantitative estimate of drug-likeness (QED) is 0.700. The molecule has 3 heterocycles. The summed E-state index contributed by atoms with van der Waals surface area (Å²) in [4.78, 5) is 8.22. The van der Waals surface area contributed by atoms with Crippen LogP contribution in [0.5, 0.6) is 0 Å². The summed E-state index contributed by atoms with van der Waals surface area (Å²) >= 11 is 0.612. The van der Waals surface area contributed by atoms with Gasteiger partial charge < -0.3 is 15.0 Å². The van der Waals surface area contributed by atoms with Gasteiger partial charge in [0.2, 0.25) is 0 Å². The second-order valence-corrected chi connectivity index (χ2v) is 8.49. The maximum atomic E-state index is 13.8. The Morgan fingerprint density at radius 3 is 2.80 bits per heavy atom. The zero-order chi connectivity index (χ0) is 21.5. The van der Waals surface area contributed by atoms with Crippen LogP contribution in [0.4, 0.5) is 33.9 Å². The fourth-order valence-electron chi connectivity index (χ4n) is 3.74. The monoisotopic (exact) mass is 442 g/mol. The fraction of sp³-hybridized carbons (Fsp3) is 0.450. The van der Waals surface area contributed by atoms with Crippen LogP contribution in [0.15, 0.2) is 29.3 Å². The Labute approximate surface area is 176 Å². The Morgan fingerprint density at radius 2 is 2.07 bits per heavy atom. The van der Waals surface area contributed by atoms with E-state index in [4.69, 9.17) is 4.74 Å². The first-order chi connectivity index (χ1) is 14.3. The molecule has 10 heteroatoms. The summed E-state index contributed by atoms with van der Waals surface area (Å²) < 4.78 is 59.2. The largest absolute Gasteiger partial charge is 0.425 e. The molecule has 2 aliphatic heterocycles. The summed E-state index contributed by atoms with van der Waals surface area (Å²) in [5, 5.41) is 3.28. The molecule has 30 heavy (non-hydrogen) atoms. The topological polar surface area (TPSA) is 40.1 Å². The summed E-state index contributed by atoms with van der Waals surface area (Å²) in [6.07, 6.45) is -3.65. The van der Waals surface area contributed by atoms with E-state index in [1.54, 1.807) is 7.11 Å². The number of aliphatic imine (C=N–C) groups is 1. The maximum absolute atomic E-state index is 13.8. The van der Waals surface area contributed by atoms with E-state index in [1.165, 1.54) is 18.2 Å². The molecule has 2 aliphatic rings. The van der Waals surface area contributed by atoms with Gasteiger partial charge in [-0.1, -0.05) is 0 Å². The van der Waals surface area contributed by atoms with E-state index in [1.807, 2.05) is 11.9 Å². The molecular weight excluding hydrogens is 420 g/mol. The van der Waals surface area contributed by atoms with Crippen LogP contribution in [0.3, 0.4) is 0 Å². The molecule has 4 rings (SSSR count). The molecule has 0 radical (unpaired) electrons. The first kappa shape index (κ1) is 21.1. The number of piperazine rings is 1. The van der Waals surface area contributed by atoms with Crippen molar-refractivity contribution in [2.24, 2.45) is 4.99 Å². The second kappa shape index (κ2) is 8.16. The van der Waals surface area contributed by atoms with E-state index in [-0.39, 0.29) is 6.04 Å². The van der Waals surface area contributed by atoms with Gasteiger partial charge >= 0.3 is 6.18 Å². The van der Waals surface area contributed by atoms with E-state index < -0.39 is 16.9 Å². The van der Waals surface area contributed by atoms with Crippen molar-refractivity contribution in [3.05, 3.63) is 40.5 Å². The molecule has 0 amide bonds. The van der Waals surface area contributed by atoms with E-state index in [0.717, 1.165) is 19.0 Å². The minimum absolute atomic E-state index is 0.189. The lowest BCUT2D eigenvalue weighted by Gasteiger charge is -2.40. The number of halogens is 4. The molecule has 5 nitrogen and oxygen atoms in total. The standard InChI is InChI=1S/C20H22F4N4OS/c1-27-6-7-28(11-13(27)5-8-29-2)18-14-10-17(20(22,23)24)30-19(14)26-16-9-12(21)3-4-15(16)25-18/h3-4,9-10,13,26H,5-8,11H2,1-2H3/t13-/m0/s1. The lowest BCUT2D eigenvalue weighted by molar-refractivity contribution is -0.134. The Kier molecular flexibility index (Phi) is 5.73. The highest BCUT2D eigenvalue weighted by atomic mass is 32.1. The lowest BCUT2D eigenvalue weighted by Crippen LogP contribution is -2.53. The molecule has 0 spiro atoms. The van der Waals surface area contributed by atoms with Crippen LogP contribution in [0, 0.1) is 5.82 Å². The van der Waals surface area contributed by atoms with E-state index in [9.17, 15) is 17.6 Å². The van der Waals surface area contributed by atoms with Crippen LogP contribution in [0.25, 0.3) is 0 Å². The van der Waals surface area contributed by atoms with Gasteiger partial charge in [-0.15, -0.1) is 11.3 Å². The molecule has 1 saturated heterocycles. The Balaban J connectivity index is 1.76. The van der Waals surface area contributed by atoms with Crippen LogP contribution < -0.4 is 5.32 Å². The number of rotatable bonds is 3. The molecule has 1 fully saturated rings. The van der Waals surface area contributed by atoms with Crippen molar-refractivity contribution in [2.45, 2.75) is 18.6 Å². The smallest absolute Gasteiger partial charge is 0.385 e. The first-order valence-corrected chi connectivity index (χ1v) is 10.4. The Morgan fingerprint density at radius 1 is 1.27 bits per heavy atom. The van der Waals surface area contributed by atoms with Gasteiger partial charge in [-0.25, -0.2) is 9.38 Å². The van der Waals surface area contributed by atoms with Gasteiger partial charge in [-0.05, 0) is 37.7 Å². The van der Waals surface area contributed by atoms with Gasteiger partial charge in [0.15, 0.2) is 0 Å². The molecular formula is C20H22F4N4OS. The van der Waals surface area contributed by atoms with Crippen molar-refractivity contribution < 1.29 is 22.3 Å². The van der Waals surface area contributed by atoms with Crippen molar-refractivity contribution in [2.75, 3.05) is 45.7 Å². The number of amidine groups is 1. The number of thiophene rings is 1.